The first-order valence-corrected chi connectivity index (χ1v) is 9.67. The maximum Gasteiger partial charge on any atom is 0.210 e. The maximum absolute atomic E-state index is 9.68. The van der Waals surface area contributed by atoms with Crippen molar-refractivity contribution in [2.45, 2.75) is 50.2 Å². The molecule has 1 aliphatic heterocycles. The Balaban J connectivity index is 1.57. The molecule has 132 valence electrons. The summed E-state index contributed by atoms with van der Waals surface area (Å²) in [5, 5.41) is 11.0. The van der Waals surface area contributed by atoms with Crippen LogP contribution in [0, 0.1) is 5.92 Å². The van der Waals surface area contributed by atoms with Gasteiger partial charge in [-0.05, 0) is 55.7 Å². The standard InChI is InChI=1S/C22H23N3O/c1-13-8-17-16-4-2-3-5-18(16)24-20(17)21(15-6-7-19(26)23-12-15)25(13)22-9-14(10-22)11-22/h2-7,12-14,21,24H,8-11H2,1H3,(H,23,26)/t13-,14?,21-,22?/m1/s1. The molecule has 3 aliphatic carbocycles. The van der Waals surface area contributed by atoms with Gasteiger partial charge in [-0.25, -0.2) is 4.98 Å². The van der Waals surface area contributed by atoms with Crippen LogP contribution in [0.5, 0.6) is 5.88 Å². The van der Waals surface area contributed by atoms with Gasteiger partial charge in [-0.3, -0.25) is 4.90 Å². The fraction of sp³-hybridized carbons (Fsp3) is 0.409. The molecule has 4 heteroatoms. The van der Waals surface area contributed by atoms with Crippen molar-refractivity contribution in [3.05, 3.63) is 59.4 Å². The zero-order valence-electron chi connectivity index (χ0n) is 14.9. The maximum atomic E-state index is 9.68. The van der Waals surface area contributed by atoms with Gasteiger partial charge in [0.2, 0.25) is 5.88 Å². The average Bonchev–Trinajstić information content (AvgIpc) is 2.92. The lowest BCUT2D eigenvalue weighted by atomic mass is 9.48. The van der Waals surface area contributed by atoms with Crippen molar-refractivity contribution in [2.75, 3.05) is 0 Å². The number of hydrogen-bond acceptors (Lipinski definition) is 3. The van der Waals surface area contributed by atoms with Gasteiger partial charge in [0, 0.05) is 40.4 Å². The highest BCUT2D eigenvalue weighted by atomic mass is 16.3. The first-order valence-electron chi connectivity index (χ1n) is 9.67. The summed E-state index contributed by atoms with van der Waals surface area (Å²) in [4.78, 5) is 10.7. The number of aromatic hydroxyl groups is 1. The molecule has 2 N–H and O–H groups in total. The zero-order chi connectivity index (χ0) is 17.5. The Hall–Kier alpha value is -2.33. The third kappa shape index (κ3) is 1.80. The summed E-state index contributed by atoms with van der Waals surface area (Å²) in [6.07, 6.45) is 6.97. The number of benzene rings is 1. The molecule has 3 fully saturated rings. The minimum absolute atomic E-state index is 0.0894. The monoisotopic (exact) mass is 345 g/mol. The van der Waals surface area contributed by atoms with Crippen molar-refractivity contribution in [1.82, 2.24) is 14.9 Å². The van der Waals surface area contributed by atoms with Gasteiger partial charge in [0.1, 0.15) is 0 Å². The number of rotatable bonds is 2. The number of pyridine rings is 1. The van der Waals surface area contributed by atoms with Crippen LogP contribution in [0.1, 0.15) is 49.0 Å². The third-order valence-corrected chi connectivity index (χ3v) is 7.01. The molecule has 4 aliphatic rings. The van der Waals surface area contributed by atoms with E-state index in [-0.39, 0.29) is 11.9 Å². The Kier molecular flexibility index (Phi) is 2.78. The van der Waals surface area contributed by atoms with Crippen LogP contribution in [0.4, 0.5) is 0 Å². The lowest BCUT2D eigenvalue weighted by Gasteiger charge is -2.70. The first-order chi connectivity index (χ1) is 12.6. The van der Waals surface area contributed by atoms with Crippen molar-refractivity contribution < 1.29 is 5.11 Å². The highest BCUT2D eigenvalue weighted by Gasteiger charge is 2.63. The van der Waals surface area contributed by atoms with Crippen LogP contribution < -0.4 is 0 Å². The Morgan fingerprint density at radius 3 is 2.65 bits per heavy atom. The second kappa shape index (κ2) is 4.89. The zero-order valence-corrected chi connectivity index (χ0v) is 14.9. The van der Waals surface area contributed by atoms with Crippen molar-refractivity contribution in [3.8, 4) is 5.88 Å². The highest BCUT2D eigenvalue weighted by Crippen LogP contribution is 2.64. The summed E-state index contributed by atoms with van der Waals surface area (Å²) in [7, 11) is 0. The quantitative estimate of drug-likeness (QED) is 0.733. The van der Waals surface area contributed by atoms with Gasteiger partial charge in [0.15, 0.2) is 0 Å². The van der Waals surface area contributed by atoms with E-state index in [1.165, 1.54) is 47.0 Å². The van der Waals surface area contributed by atoms with Crippen LogP contribution in [-0.2, 0) is 6.42 Å². The molecule has 3 saturated carbocycles. The smallest absolute Gasteiger partial charge is 0.210 e. The van der Waals surface area contributed by atoms with Gasteiger partial charge in [-0.2, -0.15) is 0 Å². The van der Waals surface area contributed by atoms with Gasteiger partial charge in [-0.15, -0.1) is 0 Å². The molecular formula is C22H23N3O. The largest absolute Gasteiger partial charge is 0.493 e. The number of para-hydroxylation sites is 1. The molecule has 26 heavy (non-hydrogen) atoms. The average molecular weight is 345 g/mol. The molecule has 0 saturated heterocycles. The second-order valence-corrected chi connectivity index (χ2v) is 8.58. The van der Waals surface area contributed by atoms with E-state index in [2.05, 4.69) is 46.1 Å². The molecule has 0 spiro atoms. The Bertz CT molecular complexity index is 989. The highest BCUT2D eigenvalue weighted by molar-refractivity contribution is 5.85. The number of aromatic amines is 1. The summed E-state index contributed by atoms with van der Waals surface area (Å²) < 4.78 is 0. The van der Waals surface area contributed by atoms with Crippen LogP contribution >= 0.6 is 0 Å². The Labute approximate surface area is 152 Å². The number of nitrogens with zero attached hydrogens (tertiary/aromatic N) is 2. The fourth-order valence-corrected chi connectivity index (χ4v) is 5.84. The summed E-state index contributed by atoms with van der Waals surface area (Å²) in [6, 6.07) is 13.1. The lowest BCUT2D eigenvalue weighted by Crippen LogP contribution is -2.71. The number of hydrogen-bond donors (Lipinski definition) is 2. The van der Waals surface area contributed by atoms with Gasteiger partial charge in [0.25, 0.3) is 0 Å². The molecule has 0 radical (unpaired) electrons. The Morgan fingerprint density at radius 2 is 1.96 bits per heavy atom. The van der Waals surface area contributed by atoms with Crippen LogP contribution in [0.3, 0.4) is 0 Å². The number of H-pyrrole nitrogens is 1. The van der Waals surface area contributed by atoms with Gasteiger partial charge in [-0.1, -0.05) is 24.3 Å². The van der Waals surface area contributed by atoms with Crippen LogP contribution in [0.25, 0.3) is 10.9 Å². The van der Waals surface area contributed by atoms with E-state index < -0.39 is 0 Å². The second-order valence-electron chi connectivity index (χ2n) is 8.58. The van der Waals surface area contributed by atoms with Gasteiger partial charge in [0.05, 0.1) is 6.04 Å². The number of fused-ring (bicyclic) bond motifs is 3. The minimum atomic E-state index is 0.0894. The molecule has 1 aromatic carbocycles. The van der Waals surface area contributed by atoms with E-state index in [1.807, 2.05) is 12.3 Å². The molecule has 7 rings (SSSR count). The van der Waals surface area contributed by atoms with E-state index in [4.69, 9.17) is 0 Å². The SMILES string of the molecule is C[C@@H]1Cc2c([nH]c3ccccc23)[C@@H](c2ccc(O)nc2)N1C12CC(C1)C2. The van der Waals surface area contributed by atoms with E-state index in [0.29, 0.717) is 11.6 Å². The molecule has 2 aromatic heterocycles. The van der Waals surface area contributed by atoms with Crippen LogP contribution in [0.15, 0.2) is 42.6 Å². The van der Waals surface area contributed by atoms with Crippen molar-refractivity contribution >= 4 is 10.9 Å². The number of aromatic nitrogens is 2. The predicted octanol–water partition coefficient (Wildman–Crippen LogP) is 4.16. The van der Waals surface area contributed by atoms with Gasteiger partial charge < -0.3 is 10.1 Å². The molecule has 3 heterocycles. The summed E-state index contributed by atoms with van der Waals surface area (Å²) >= 11 is 0. The van der Waals surface area contributed by atoms with E-state index in [0.717, 1.165) is 12.3 Å². The van der Waals surface area contributed by atoms with Crippen molar-refractivity contribution in [3.63, 3.8) is 0 Å². The minimum Gasteiger partial charge on any atom is -0.493 e. The predicted molar refractivity (Wildman–Crippen MR) is 101 cm³/mol. The number of nitrogens with one attached hydrogen (secondary N) is 1. The van der Waals surface area contributed by atoms with E-state index in [9.17, 15) is 5.11 Å². The molecule has 0 amide bonds. The molecule has 2 bridgehead atoms. The summed E-state index contributed by atoms with van der Waals surface area (Å²) in [5.74, 6) is 1.04. The van der Waals surface area contributed by atoms with Crippen molar-refractivity contribution in [2.24, 2.45) is 5.92 Å². The first kappa shape index (κ1) is 14.8. The van der Waals surface area contributed by atoms with E-state index >= 15 is 0 Å². The topological polar surface area (TPSA) is 52.1 Å². The molecule has 4 nitrogen and oxygen atoms in total. The molecule has 0 unspecified atom stereocenters. The molecular weight excluding hydrogens is 322 g/mol. The summed E-state index contributed by atoms with van der Waals surface area (Å²) in [5.41, 5.74) is 5.55. The van der Waals surface area contributed by atoms with Gasteiger partial charge >= 0.3 is 0 Å². The lowest BCUT2D eigenvalue weighted by molar-refractivity contribution is -0.174. The molecule has 3 aromatic rings. The van der Waals surface area contributed by atoms with Crippen LogP contribution in [0.2, 0.25) is 0 Å². The molecule has 2 atom stereocenters. The fourth-order valence-electron chi connectivity index (χ4n) is 5.84. The van der Waals surface area contributed by atoms with E-state index in [1.54, 1.807) is 6.07 Å². The van der Waals surface area contributed by atoms with Crippen molar-refractivity contribution in [1.29, 1.82) is 0 Å². The Morgan fingerprint density at radius 1 is 1.15 bits per heavy atom. The van der Waals surface area contributed by atoms with Crippen LogP contribution in [-0.4, -0.2) is 31.6 Å². The summed E-state index contributed by atoms with van der Waals surface area (Å²) in [6.45, 7) is 2.38. The third-order valence-electron chi connectivity index (χ3n) is 7.01. The normalized spacial score (nSPS) is 32.7.